The minimum atomic E-state index is -0.591. The predicted octanol–water partition coefficient (Wildman–Crippen LogP) is -0.977. The lowest BCUT2D eigenvalue weighted by molar-refractivity contribution is 0.0339. The van der Waals surface area contributed by atoms with E-state index < -0.39 is 6.10 Å². The molecule has 0 radical (unpaired) electrons. The Balaban J connectivity index is 2.28. The van der Waals surface area contributed by atoms with Gasteiger partial charge in [-0.2, -0.15) is 0 Å². The second kappa shape index (κ2) is 5.54. The van der Waals surface area contributed by atoms with Gasteiger partial charge in [0.1, 0.15) is 0 Å². The molecule has 0 saturated carbocycles. The summed E-state index contributed by atoms with van der Waals surface area (Å²) in [5.74, 6) is 0. The molecule has 13 heavy (non-hydrogen) atoms. The first-order valence-corrected chi connectivity index (χ1v) is 5.01. The van der Waals surface area contributed by atoms with Gasteiger partial charge in [0, 0.05) is 25.7 Å². The normalized spacial score (nSPS) is 20.3. The lowest BCUT2D eigenvalue weighted by Crippen LogP contribution is -2.58. The van der Waals surface area contributed by atoms with E-state index in [1.54, 1.807) is 0 Å². The topological polar surface area (TPSA) is 55.7 Å². The summed E-state index contributed by atoms with van der Waals surface area (Å²) in [6, 6.07) is 0.557. The molecule has 0 spiro atoms. The van der Waals surface area contributed by atoms with Gasteiger partial charge in [-0.15, -0.1) is 0 Å². The highest BCUT2D eigenvalue weighted by atomic mass is 16.3. The summed E-state index contributed by atoms with van der Waals surface area (Å²) >= 11 is 0. The van der Waals surface area contributed by atoms with Crippen molar-refractivity contribution in [3.63, 3.8) is 0 Å². The van der Waals surface area contributed by atoms with E-state index in [0.717, 1.165) is 26.1 Å². The Morgan fingerprint density at radius 3 is 2.62 bits per heavy atom. The molecule has 0 aromatic carbocycles. The third-order valence-electron chi connectivity index (χ3n) is 2.44. The van der Waals surface area contributed by atoms with E-state index in [-0.39, 0.29) is 6.61 Å². The SMILES string of the molecule is CCCN(CC(O)CO)C1CNC1. The lowest BCUT2D eigenvalue weighted by Gasteiger charge is -2.38. The van der Waals surface area contributed by atoms with Gasteiger partial charge in [-0.25, -0.2) is 0 Å². The third-order valence-corrected chi connectivity index (χ3v) is 2.44. The van der Waals surface area contributed by atoms with Gasteiger partial charge in [0.15, 0.2) is 0 Å². The first-order valence-electron chi connectivity index (χ1n) is 5.01. The zero-order valence-electron chi connectivity index (χ0n) is 8.24. The van der Waals surface area contributed by atoms with Gasteiger partial charge < -0.3 is 15.5 Å². The van der Waals surface area contributed by atoms with Crippen LogP contribution in [0.3, 0.4) is 0 Å². The molecule has 1 heterocycles. The number of aliphatic hydroxyl groups is 2. The van der Waals surface area contributed by atoms with Gasteiger partial charge in [0.2, 0.25) is 0 Å². The fraction of sp³-hybridized carbons (Fsp3) is 1.00. The highest BCUT2D eigenvalue weighted by Gasteiger charge is 2.25. The molecule has 0 aromatic rings. The number of hydrogen-bond donors (Lipinski definition) is 3. The fourth-order valence-electron chi connectivity index (χ4n) is 1.57. The molecule has 1 aliphatic heterocycles. The summed E-state index contributed by atoms with van der Waals surface area (Å²) in [5.41, 5.74) is 0. The van der Waals surface area contributed by atoms with Crippen molar-refractivity contribution in [1.29, 1.82) is 0 Å². The van der Waals surface area contributed by atoms with Crippen LogP contribution in [0.25, 0.3) is 0 Å². The van der Waals surface area contributed by atoms with Crippen LogP contribution >= 0.6 is 0 Å². The Kier molecular flexibility index (Phi) is 4.66. The minimum absolute atomic E-state index is 0.139. The van der Waals surface area contributed by atoms with Crippen LogP contribution < -0.4 is 5.32 Å². The Labute approximate surface area is 79.6 Å². The number of aliphatic hydroxyl groups excluding tert-OH is 2. The highest BCUT2D eigenvalue weighted by Crippen LogP contribution is 2.06. The van der Waals surface area contributed by atoms with Gasteiger partial charge in [0.05, 0.1) is 12.7 Å². The Morgan fingerprint density at radius 2 is 2.23 bits per heavy atom. The molecule has 1 fully saturated rings. The Hall–Kier alpha value is -0.160. The number of hydrogen-bond acceptors (Lipinski definition) is 4. The maximum Gasteiger partial charge on any atom is 0.0897 e. The quantitative estimate of drug-likeness (QED) is 0.502. The van der Waals surface area contributed by atoms with E-state index in [0.29, 0.717) is 12.6 Å². The molecule has 3 N–H and O–H groups in total. The third kappa shape index (κ3) is 3.23. The molecule has 0 aliphatic carbocycles. The summed E-state index contributed by atoms with van der Waals surface area (Å²) in [6.45, 7) is 5.61. The van der Waals surface area contributed by atoms with Crippen molar-refractivity contribution in [2.75, 3.05) is 32.8 Å². The first kappa shape index (κ1) is 10.9. The van der Waals surface area contributed by atoms with Gasteiger partial charge in [-0.3, -0.25) is 4.90 Å². The minimum Gasteiger partial charge on any atom is -0.394 e. The largest absolute Gasteiger partial charge is 0.394 e. The predicted molar refractivity (Wildman–Crippen MR) is 51.6 cm³/mol. The summed E-state index contributed by atoms with van der Waals surface area (Å²) in [5, 5.41) is 21.2. The van der Waals surface area contributed by atoms with Gasteiger partial charge in [-0.05, 0) is 13.0 Å². The van der Waals surface area contributed by atoms with Crippen LogP contribution in [-0.2, 0) is 0 Å². The van der Waals surface area contributed by atoms with E-state index in [1.165, 1.54) is 0 Å². The molecule has 78 valence electrons. The summed E-state index contributed by atoms with van der Waals surface area (Å²) < 4.78 is 0. The molecule has 4 nitrogen and oxygen atoms in total. The monoisotopic (exact) mass is 188 g/mol. The second-order valence-corrected chi connectivity index (χ2v) is 3.64. The van der Waals surface area contributed by atoms with Crippen molar-refractivity contribution in [1.82, 2.24) is 10.2 Å². The van der Waals surface area contributed by atoms with E-state index in [4.69, 9.17) is 5.11 Å². The second-order valence-electron chi connectivity index (χ2n) is 3.64. The standard InChI is InChI=1S/C9H20N2O2/c1-2-3-11(6-9(13)7-12)8-4-10-5-8/h8-10,12-13H,2-7H2,1H3. The zero-order valence-corrected chi connectivity index (χ0v) is 8.24. The average molecular weight is 188 g/mol. The van der Waals surface area contributed by atoms with Gasteiger partial charge >= 0.3 is 0 Å². The van der Waals surface area contributed by atoms with Crippen molar-refractivity contribution in [3.8, 4) is 0 Å². The molecule has 1 saturated heterocycles. The van der Waals surface area contributed by atoms with Crippen LogP contribution in [-0.4, -0.2) is 60.0 Å². The molecule has 0 aromatic heterocycles. The zero-order chi connectivity index (χ0) is 9.68. The molecule has 4 heteroatoms. The van der Waals surface area contributed by atoms with Crippen LogP contribution in [0.2, 0.25) is 0 Å². The van der Waals surface area contributed by atoms with E-state index >= 15 is 0 Å². The number of nitrogens with zero attached hydrogens (tertiary/aromatic N) is 1. The number of rotatable bonds is 6. The van der Waals surface area contributed by atoms with Crippen LogP contribution in [0.5, 0.6) is 0 Å². The van der Waals surface area contributed by atoms with Crippen LogP contribution in [0.15, 0.2) is 0 Å². The van der Waals surface area contributed by atoms with E-state index in [9.17, 15) is 5.11 Å². The summed E-state index contributed by atoms with van der Waals surface area (Å²) in [7, 11) is 0. The molecule has 1 aliphatic rings. The van der Waals surface area contributed by atoms with Crippen LogP contribution in [0.1, 0.15) is 13.3 Å². The van der Waals surface area contributed by atoms with Crippen molar-refractivity contribution in [3.05, 3.63) is 0 Å². The Bertz CT molecular complexity index is 140. The maximum absolute atomic E-state index is 9.31. The van der Waals surface area contributed by atoms with Crippen LogP contribution in [0, 0.1) is 0 Å². The first-order chi connectivity index (χ1) is 6.27. The molecular formula is C9H20N2O2. The Morgan fingerprint density at radius 1 is 1.54 bits per heavy atom. The fourth-order valence-corrected chi connectivity index (χ4v) is 1.57. The van der Waals surface area contributed by atoms with Gasteiger partial charge in [-0.1, -0.05) is 6.92 Å². The molecule has 0 amide bonds. The number of nitrogens with one attached hydrogen (secondary N) is 1. The van der Waals surface area contributed by atoms with Crippen molar-refractivity contribution in [2.45, 2.75) is 25.5 Å². The van der Waals surface area contributed by atoms with E-state index in [1.807, 2.05) is 0 Å². The van der Waals surface area contributed by atoms with Gasteiger partial charge in [0.25, 0.3) is 0 Å². The summed E-state index contributed by atoms with van der Waals surface area (Å²) in [6.07, 6.45) is 0.501. The lowest BCUT2D eigenvalue weighted by atomic mass is 10.1. The average Bonchev–Trinajstić information content (AvgIpc) is 2.01. The summed E-state index contributed by atoms with van der Waals surface area (Å²) in [4.78, 5) is 2.25. The van der Waals surface area contributed by atoms with Crippen molar-refractivity contribution in [2.24, 2.45) is 0 Å². The van der Waals surface area contributed by atoms with E-state index in [2.05, 4.69) is 17.1 Å². The molecule has 1 atom stereocenters. The van der Waals surface area contributed by atoms with Crippen molar-refractivity contribution < 1.29 is 10.2 Å². The van der Waals surface area contributed by atoms with Crippen LogP contribution in [0.4, 0.5) is 0 Å². The molecule has 1 rings (SSSR count). The molecular weight excluding hydrogens is 168 g/mol. The van der Waals surface area contributed by atoms with Crippen molar-refractivity contribution >= 4 is 0 Å². The molecule has 0 bridgehead atoms. The maximum atomic E-state index is 9.31. The smallest absolute Gasteiger partial charge is 0.0897 e. The highest BCUT2D eigenvalue weighted by molar-refractivity contribution is 4.85. The molecule has 1 unspecified atom stereocenters.